The molecule has 4 heteroatoms. The molecule has 3 aromatic rings. The molecular weight excluding hydrogens is 254 g/mol. The van der Waals surface area contributed by atoms with Crippen molar-refractivity contribution in [1.82, 2.24) is 9.97 Å². The molecular formula is C15H15N3S. The lowest BCUT2D eigenvalue weighted by atomic mass is 10.1. The number of benzene rings is 1. The maximum absolute atomic E-state index is 6.23. The minimum Gasteiger partial charge on any atom is -0.322 e. The van der Waals surface area contributed by atoms with Crippen molar-refractivity contribution in [2.45, 2.75) is 19.4 Å². The quantitative estimate of drug-likeness (QED) is 0.794. The van der Waals surface area contributed by atoms with E-state index in [4.69, 9.17) is 5.73 Å². The third kappa shape index (κ3) is 2.64. The molecule has 96 valence electrons. The van der Waals surface area contributed by atoms with Gasteiger partial charge in [0.2, 0.25) is 0 Å². The van der Waals surface area contributed by atoms with Crippen LogP contribution >= 0.6 is 11.3 Å². The highest BCUT2D eigenvalue weighted by molar-refractivity contribution is 7.09. The van der Waals surface area contributed by atoms with E-state index in [0.717, 1.165) is 33.7 Å². The zero-order valence-electron chi connectivity index (χ0n) is 10.7. The first kappa shape index (κ1) is 12.3. The van der Waals surface area contributed by atoms with Crippen molar-refractivity contribution in [2.24, 2.45) is 5.73 Å². The standard InChI is InChI=1S/C15H15N3S/c1-10-17-12(9-19-10)8-13(16)15-7-6-11-4-2-3-5-14(11)18-15/h2-7,9,13H,8,16H2,1H3. The zero-order chi connectivity index (χ0) is 13.2. The number of nitrogens with two attached hydrogens (primary N) is 1. The lowest BCUT2D eigenvalue weighted by Crippen LogP contribution is -2.15. The van der Waals surface area contributed by atoms with Crippen molar-refractivity contribution >= 4 is 22.2 Å². The number of thiazole rings is 1. The number of para-hydroxylation sites is 1. The van der Waals surface area contributed by atoms with Crippen molar-refractivity contribution in [3.63, 3.8) is 0 Å². The predicted octanol–water partition coefficient (Wildman–Crippen LogP) is 3.24. The Kier molecular flexibility index (Phi) is 3.27. The van der Waals surface area contributed by atoms with Gasteiger partial charge in [0.05, 0.1) is 28.0 Å². The smallest absolute Gasteiger partial charge is 0.0897 e. The number of fused-ring (bicyclic) bond motifs is 1. The van der Waals surface area contributed by atoms with Crippen molar-refractivity contribution in [1.29, 1.82) is 0 Å². The SMILES string of the molecule is Cc1nc(CC(N)c2ccc3ccccc3n2)cs1. The third-order valence-corrected chi connectivity index (χ3v) is 3.92. The van der Waals surface area contributed by atoms with E-state index in [0.29, 0.717) is 0 Å². The van der Waals surface area contributed by atoms with Crippen LogP contribution in [0.1, 0.15) is 22.4 Å². The Bertz CT molecular complexity index is 705. The molecule has 2 N–H and O–H groups in total. The van der Waals surface area contributed by atoms with Gasteiger partial charge in [-0.05, 0) is 19.1 Å². The summed E-state index contributed by atoms with van der Waals surface area (Å²) in [5.74, 6) is 0. The maximum atomic E-state index is 6.23. The molecule has 1 aromatic carbocycles. The molecule has 0 bridgehead atoms. The minimum atomic E-state index is -0.105. The first-order valence-electron chi connectivity index (χ1n) is 6.24. The largest absolute Gasteiger partial charge is 0.322 e. The number of nitrogens with zero attached hydrogens (tertiary/aromatic N) is 2. The van der Waals surface area contributed by atoms with E-state index in [-0.39, 0.29) is 6.04 Å². The predicted molar refractivity (Wildman–Crippen MR) is 79.2 cm³/mol. The lowest BCUT2D eigenvalue weighted by Gasteiger charge is -2.10. The van der Waals surface area contributed by atoms with E-state index in [1.807, 2.05) is 31.2 Å². The summed E-state index contributed by atoms with van der Waals surface area (Å²) < 4.78 is 0. The topological polar surface area (TPSA) is 51.8 Å². The highest BCUT2D eigenvalue weighted by atomic mass is 32.1. The monoisotopic (exact) mass is 269 g/mol. The highest BCUT2D eigenvalue weighted by Gasteiger charge is 2.11. The van der Waals surface area contributed by atoms with Crippen LogP contribution in [0.5, 0.6) is 0 Å². The van der Waals surface area contributed by atoms with Gasteiger partial charge in [0.15, 0.2) is 0 Å². The minimum absolute atomic E-state index is 0.105. The first-order chi connectivity index (χ1) is 9.22. The fraction of sp³-hybridized carbons (Fsp3) is 0.200. The molecule has 1 atom stereocenters. The molecule has 0 aliphatic heterocycles. The Hall–Kier alpha value is -1.78. The van der Waals surface area contributed by atoms with Crippen molar-refractivity contribution < 1.29 is 0 Å². The van der Waals surface area contributed by atoms with Gasteiger partial charge < -0.3 is 5.73 Å². The Morgan fingerprint density at radius 1 is 1.16 bits per heavy atom. The van der Waals surface area contributed by atoms with E-state index in [2.05, 4.69) is 27.5 Å². The first-order valence-corrected chi connectivity index (χ1v) is 7.12. The second-order valence-corrected chi connectivity index (χ2v) is 5.66. The van der Waals surface area contributed by atoms with E-state index in [1.165, 1.54) is 0 Å². The Morgan fingerprint density at radius 2 is 2.00 bits per heavy atom. The van der Waals surface area contributed by atoms with Crippen LogP contribution in [0.15, 0.2) is 41.8 Å². The molecule has 1 unspecified atom stereocenters. The summed E-state index contributed by atoms with van der Waals surface area (Å²) in [4.78, 5) is 9.08. The fourth-order valence-corrected chi connectivity index (χ4v) is 2.75. The van der Waals surface area contributed by atoms with Crippen LogP contribution in [-0.2, 0) is 6.42 Å². The molecule has 19 heavy (non-hydrogen) atoms. The van der Waals surface area contributed by atoms with Crippen LogP contribution in [0, 0.1) is 6.92 Å². The van der Waals surface area contributed by atoms with Gasteiger partial charge in [-0.15, -0.1) is 11.3 Å². The molecule has 0 radical (unpaired) electrons. The van der Waals surface area contributed by atoms with Gasteiger partial charge in [0.25, 0.3) is 0 Å². The van der Waals surface area contributed by atoms with Gasteiger partial charge in [0, 0.05) is 17.2 Å². The molecule has 0 amide bonds. The summed E-state index contributed by atoms with van der Waals surface area (Å²) in [7, 11) is 0. The second-order valence-electron chi connectivity index (χ2n) is 4.60. The van der Waals surface area contributed by atoms with Gasteiger partial charge in [-0.2, -0.15) is 0 Å². The normalized spacial score (nSPS) is 12.7. The van der Waals surface area contributed by atoms with Gasteiger partial charge in [-0.1, -0.05) is 24.3 Å². The van der Waals surface area contributed by atoms with Crippen molar-refractivity contribution in [2.75, 3.05) is 0 Å². The average molecular weight is 269 g/mol. The second kappa shape index (κ2) is 5.07. The van der Waals surface area contributed by atoms with Crippen molar-refractivity contribution in [3.8, 4) is 0 Å². The molecule has 0 aliphatic carbocycles. The molecule has 2 aromatic heterocycles. The number of hydrogen-bond donors (Lipinski definition) is 1. The lowest BCUT2D eigenvalue weighted by molar-refractivity contribution is 0.689. The number of pyridine rings is 1. The van der Waals surface area contributed by atoms with Crippen LogP contribution in [0.25, 0.3) is 10.9 Å². The van der Waals surface area contributed by atoms with Crippen LogP contribution in [0.3, 0.4) is 0 Å². The number of aromatic nitrogens is 2. The molecule has 0 fully saturated rings. The molecule has 0 saturated carbocycles. The molecule has 3 nitrogen and oxygen atoms in total. The van der Waals surface area contributed by atoms with Gasteiger partial charge in [-0.3, -0.25) is 4.98 Å². The van der Waals surface area contributed by atoms with Crippen LogP contribution in [-0.4, -0.2) is 9.97 Å². The number of aryl methyl sites for hydroxylation is 1. The summed E-state index contributed by atoms with van der Waals surface area (Å²) in [6.07, 6.45) is 0.732. The van der Waals surface area contributed by atoms with E-state index < -0.39 is 0 Å². The highest BCUT2D eigenvalue weighted by Crippen LogP contribution is 2.19. The molecule has 0 aliphatic rings. The number of hydrogen-bond acceptors (Lipinski definition) is 4. The summed E-state index contributed by atoms with van der Waals surface area (Å²) in [6, 6.07) is 12.1. The Labute approximate surface area is 116 Å². The molecule has 0 spiro atoms. The van der Waals surface area contributed by atoms with E-state index >= 15 is 0 Å². The van der Waals surface area contributed by atoms with E-state index in [1.54, 1.807) is 11.3 Å². The number of rotatable bonds is 3. The molecule has 0 saturated heterocycles. The molecule has 3 rings (SSSR count). The third-order valence-electron chi connectivity index (χ3n) is 3.10. The zero-order valence-corrected chi connectivity index (χ0v) is 11.5. The van der Waals surface area contributed by atoms with Crippen LogP contribution in [0.4, 0.5) is 0 Å². The summed E-state index contributed by atoms with van der Waals surface area (Å²) in [6.45, 7) is 2.01. The average Bonchev–Trinajstić information content (AvgIpc) is 2.83. The van der Waals surface area contributed by atoms with Gasteiger partial charge in [0.1, 0.15) is 0 Å². The molecule has 2 heterocycles. The van der Waals surface area contributed by atoms with Crippen molar-refractivity contribution in [3.05, 3.63) is 58.2 Å². The summed E-state index contributed by atoms with van der Waals surface area (Å²) >= 11 is 1.66. The van der Waals surface area contributed by atoms with E-state index in [9.17, 15) is 0 Å². The Balaban J connectivity index is 1.86. The summed E-state index contributed by atoms with van der Waals surface area (Å²) in [5.41, 5.74) is 9.19. The van der Waals surface area contributed by atoms with Gasteiger partial charge >= 0.3 is 0 Å². The van der Waals surface area contributed by atoms with Gasteiger partial charge in [-0.25, -0.2) is 4.98 Å². The van der Waals surface area contributed by atoms with Crippen LogP contribution in [0.2, 0.25) is 0 Å². The van der Waals surface area contributed by atoms with Crippen LogP contribution < -0.4 is 5.73 Å². The fourth-order valence-electron chi connectivity index (χ4n) is 2.12. The summed E-state index contributed by atoms with van der Waals surface area (Å²) in [5, 5.41) is 4.28. The maximum Gasteiger partial charge on any atom is 0.0897 e. The Morgan fingerprint density at radius 3 is 2.79 bits per heavy atom.